The van der Waals surface area contributed by atoms with Gasteiger partial charge >= 0.3 is 0 Å². The van der Waals surface area contributed by atoms with Gasteiger partial charge in [-0.3, -0.25) is 0 Å². The first-order chi connectivity index (χ1) is 9.58. The van der Waals surface area contributed by atoms with Crippen LogP contribution < -0.4 is 5.73 Å². The van der Waals surface area contributed by atoms with Crippen LogP contribution in [0.1, 0.15) is 61.0 Å². The normalized spacial score (nSPS) is 30.4. The minimum Gasteiger partial charge on any atom is -0.326 e. The third-order valence-corrected chi connectivity index (χ3v) is 6.31. The average Bonchev–Trinajstić information content (AvgIpc) is 2.86. The molecule has 2 bridgehead atoms. The second kappa shape index (κ2) is 5.74. The van der Waals surface area contributed by atoms with E-state index >= 15 is 0 Å². The average molecular weight is 293 g/mol. The molecular formula is C16H27N3S. The number of thiazole rings is 1. The van der Waals surface area contributed by atoms with Crippen LogP contribution in [0.4, 0.5) is 0 Å². The second-order valence-electron chi connectivity index (χ2n) is 6.94. The Morgan fingerprint density at radius 2 is 1.95 bits per heavy atom. The minimum absolute atomic E-state index is 0.652. The van der Waals surface area contributed by atoms with E-state index < -0.39 is 0 Å². The Kier molecular flexibility index (Phi) is 4.16. The minimum atomic E-state index is 0.652. The van der Waals surface area contributed by atoms with E-state index in [0.717, 1.165) is 18.5 Å². The summed E-state index contributed by atoms with van der Waals surface area (Å²) in [5.41, 5.74) is 7.19. The standard InChI is InChI=1S/C16H27N3S/c1-10(2)6-14-15(9-17)20-16(18-14)11-7-12-4-5-13(8-11)19(12)3/h10-13H,4-9,17H2,1-3H3. The van der Waals surface area contributed by atoms with E-state index in [1.165, 1.54) is 41.3 Å². The molecule has 2 unspecified atom stereocenters. The highest BCUT2D eigenvalue weighted by molar-refractivity contribution is 7.11. The number of piperidine rings is 1. The first-order valence-corrected chi connectivity index (χ1v) is 8.80. The maximum atomic E-state index is 5.92. The van der Waals surface area contributed by atoms with Gasteiger partial charge in [0.1, 0.15) is 0 Å². The van der Waals surface area contributed by atoms with E-state index in [1.54, 1.807) is 0 Å². The van der Waals surface area contributed by atoms with E-state index in [-0.39, 0.29) is 0 Å². The van der Waals surface area contributed by atoms with Crippen LogP contribution in [-0.4, -0.2) is 29.0 Å². The lowest BCUT2D eigenvalue weighted by Gasteiger charge is -2.35. The predicted molar refractivity (Wildman–Crippen MR) is 85.1 cm³/mol. The highest BCUT2D eigenvalue weighted by atomic mass is 32.1. The molecule has 2 fully saturated rings. The van der Waals surface area contributed by atoms with Gasteiger partial charge in [-0.25, -0.2) is 4.98 Å². The quantitative estimate of drug-likeness (QED) is 0.927. The van der Waals surface area contributed by atoms with Crippen molar-refractivity contribution in [1.82, 2.24) is 9.88 Å². The van der Waals surface area contributed by atoms with E-state index in [0.29, 0.717) is 18.4 Å². The van der Waals surface area contributed by atoms with Gasteiger partial charge in [-0.05, 0) is 45.1 Å². The molecule has 3 nitrogen and oxygen atoms in total. The molecule has 1 aromatic heterocycles. The first-order valence-electron chi connectivity index (χ1n) is 7.99. The second-order valence-corrected chi connectivity index (χ2v) is 8.06. The molecular weight excluding hydrogens is 266 g/mol. The zero-order valence-electron chi connectivity index (χ0n) is 12.9. The molecule has 1 aromatic rings. The van der Waals surface area contributed by atoms with Crippen molar-refractivity contribution in [3.8, 4) is 0 Å². The number of nitrogens with zero attached hydrogens (tertiary/aromatic N) is 2. The fraction of sp³-hybridized carbons (Fsp3) is 0.812. The Labute approximate surface area is 126 Å². The first kappa shape index (κ1) is 14.5. The van der Waals surface area contributed by atoms with Crippen molar-refractivity contribution < 1.29 is 0 Å². The summed E-state index contributed by atoms with van der Waals surface area (Å²) in [4.78, 5) is 8.91. The van der Waals surface area contributed by atoms with Crippen LogP contribution in [0.2, 0.25) is 0 Å². The van der Waals surface area contributed by atoms with E-state index in [1.807, 2.05) is 11.3 Å². The Morgan fingerprint density at radius 3 is 2.50 bits per heavy atom. The monoisotopic (exact) mass is 293 g/mol. The fourth-order valence-corrected chi connectivity index (χ4v) is 4.99. The van der Waals surface area contributed by atoms with Crippen LogP contribution in [0.25, 0.3) is 0 Å². The maximum Gasteiger partial charge on any atom is 0.0963 e. The number of aromatic nitrogens is 1. The highest BCUT2D eigenvalue weighted by Crippen LogP contribution is 2.43. The van der Waals surface area contributed by atoms with Crippen molar-refractivity contribution in [2.24, 2.45) is 11.7 Å². The molecule has 4 heteroatoms. The van der Waals surface area contributed by atoms with E-state index in [4.69, 9.17) is 10.7 Å². The lowest BCUT2D eigenvalue weighted by atomic mass is 9.91. The van der Waals surface area contributed by atoms with Crippen LogP contribution >= 0.6 is 11.3 Å². The van der Waals surface area contributed by atoms with Crippen LogP contribution in [-0.2, 0) is 13.0 Å². The van der Waals surface area contributed by atoms with E-state index in [9.17, 15) is 0 Å². The van der Waals surface area contributed by atoms with Crippen molar-refractivity contribution in [2.45, 2.75) is 70.5 Å². The summed E-state index contributed by atoms with van der Waals surface area (Å²) in [5, 5.41) is 1.37. The van der Waals surface area contributed by atoms with Crippen molar-refractivity contribution in [1.29, 1.82) is 0 Å². The largest absolute Gasteiger partial charge is 0.326 e. The molecule has 2 aliphatic rings. The topological polar surface area (TPSA) is 42.2 Å². The maximum absolute atomic E-state index is 5.92. The number of hydrogen-bond donors (Lipinski definition) is 1. The highest BCUT2D eigenvalue weighted by Gasteiger charge is 2.39. The summed E-state index contributed by atoms with van der Waals surface area (Å²) in [7, 11) is 2.30. The van der Waals surface area contributed by atoms with Crippen molar-refractivity contribution in [2.75, 3.05) is 7.05 Å². The molecule has 0 spiro atoms. The SMILES string of the molecule is CC(C)Cc1nc(C2CC3CCC(C2)N3C)sc1CN. The summed E-state index contributed by atoms with van der Waals surface area (Å²) in [6.45, 7) is 5.17. The Balaban J connectivity index is 1.79. The molecule has 2 N–H and O–H groups in total. The van der Waals surface area contributed by atoms with Gasteiger partial charge in [-0.15, -0.1) is 11.3 Å². The molecule has 0 saturated carbocycles. The Morgan fingerprint density at radius 1 is 1.30 bits per heavy atom. The van der Waals surface area contributed by atoms with Crippen molar-refractivity contribution in [3.05, 3.63) is 15.6 Å². The van der Waals surface area contributed by atoms with Gasteiger partial charge in [-0.2, -0.15) is 0 Å². The molecule has 2 atom stereocenters. The number of nitrogens with two attached hydrogens (primary N) is 1. The van der Waals surface area contributed by atoms with Crippen molar-refractivity contribution >= 4 is 11.3 Å². The molecule has 0 aliphatic carbocycles. The zero-order valence-corrected chi connectivity index (χ0v) is 13.7. The molecule has 3 heterocycles. The summed E-state index contributed by atoms with van der Waals surface area (Å²) in [6.07, 6.45) is 6.43. The van der Waals surface area contributed by atoms with Gasteiger partial charge in [0.15, 0.2) is 0 Å². The van der Waals surface area contributed by atoms with Gasteiger partial charge in [0.2, 0.25) is 0 Å². The summed E-state index contributed by atoms with van der Waals surface area (Å²) in [5.74, 6) is 1.34. The number of rotatable bonds is 4. The van der Waals surface area contributed by atoms with E-state index in [2.05, 4.69) is 25.8 Å². The molecule has 3 rings (SSSR count). The summed E-state index contributed by atoms with van der Waals surface area (Å²) in [6, 6.07) is 1.58. The zero-order chi connectivity index (χ0) is 14.3. The van der Waals surface area contributed by atoms with Gasteiger partial charge < -0.3 is 10.6 Å². The molecule has 0 aromatic carbocycles. The van der Waals surface area contributed by atoms with Crippen LogP contribution in [0.15, 0.2) is 0 Å². The fourth-order valence-electron chi connectivity index (χ4n) is 3.90. The van der Waals surface area contributed by atoms with Gasteiger partial charge in [-0.1, -0.05) is 13.8 Å². The smallest absolute Gasteiger partial charge is 0.0963 e. The molecule has 2 saturated heterocycles. The molecule has 0 amide bonds. The van der Waals surface area contributed by atoms with Crippen molar-refractivity contribution in [3.63, 3.8) is 0 Å². The number of hydrogen-bond acceptors (Lipinski definition) is 4. The molecule has 112 valence electrons. The molecule has 0 radical (unpaired) electrons. The number of fused-ring (bicyclic) bond motifs is 2. The Hall–Kier alpha value is -0.450. The van der Waals surface area contributed by atoms with Gasteiger partial charge in [0.05, 0.1) is 10.7 Å². The lowest BCUT2D eigenvalue weighted by molar-refractivity contribution is 0.161. The van der Waals surface area contributed by atoms with Crippen LogP contribution in [0.3, 0.4) is 0 Å². The summed E-state index contributed by atoms with van der Waals surface area (Å²) < 4.78 is 0. The lowest BCUT2D eigenvalue weighted by Crippen LogP contribution is -2.39. The Bertz CT molecular complexity index is 454. The van der Waals surface area contributed by atoms with Crippen LogP contribution in [0.5, 0.6) is 0 Å². The molecule has 20 heavy (non-hydrogen) atoms. The van der Waals surface area contributed by atoms with Gasteiger partial charge in [0, 0.05) is 29.4 Å². The summed E-state index contributed by atoms with van der Waals surface area (Å²) >= 11 is 1.89. The van der Waals surface area contributed by atoms with Crippen LogP contribution in [0, 0.1) is 5.92 Å². The predicted octanol–water partition coefficient (Wildman–Crippen LogP) is 3.14. The van der Waals surface area contributed by atoms with Gasteiger partial charge in [0.25, 0.3) is 0 Å². The third kappa shape index (κ3) is 2.66. The third-order valence-electron chi connectivity index (χ3n) is 5.03. The molecule has 2 aliphatic heterocycles.